The number of carbonyl (C=O) groups is 1. The molecule has 1 amide bonds. The zero-order chi connectivity index (χ0) is 21.4. The van der Waals surface area contributed by atoms with Gasteiger partial charge in [-0.1, -0.05) is 6.92 Å². The first kappa shape index (κ1) is 21.4. The highest BCUT2D eigenvalue weighted by Crippen LogP contribution is 2.44. The molecular weight excluding hydrogens is 394 g/mol. The Hall–Kier alpha value is -2.36. The molecule has 1 aromatic carbocycles. The van der Waals surface area contributed by atoms with E-state index in [1.807, 2.05) is 6.92 Å². The Bertz CT molecular complexity index is 908. The smallest absolute Gasteiger partial charge is 0.387 e. The number of aliphatic hydroxyl groups is 1. The summed E-state index contributed by atoms with van der Waals surface area (Å²) in [6, 6.07) is 2.38. The van der Waals surface area contributed by atoms with Crippen molar-refractivity contribution >= 4 is 22.9 Å². The van der Waals surface area contributed by atoms with Crippen LogP contribution in [0.2, 0.25) is 0 Å². The Kier molecular flexibility index (Phi) is 5.75. The average molecular weight is 417 g/mol. The summed E-state index contributed by atoms with van der Waals surface area (Å²) in [5.41, 5.74) is -2.28. The number of benzene rings is 1. The topological polar surface area (TPSA) is 76.4 Å². The van der Waals surface area contributed by atoms with Gasteiger partial charge in [-0.3, -0.25) is 10.1 Å². The molecule has 1 fully saturated rings. The number of hydrogen-bond donors (Lipinski definition) is 2. The van der Waals surface area contributed by atoms with Crippen LogP contribution in [0.5, 0.6) is 5.75 Å². The lowest BCUT2D eigenvalue weighted by atomic mass is 9.78. The molecule has 10 heteroatoms. The summed E-state index contributed by atoms with van der Waals surface area (Å²) >= 11 is 0. The van der Waals surface area contributed by atoms with Gasteiger partial charge in [0.1, 0.15) is 17.8 Å². The fourth-order valence-corrected chi connectivity index (χ4v) is 3.55. The molecule has 1 aliphatic carbocycles. The van der Waals surface area contributed by atoms with Crippen LogP contribution in [-0.2, 0) is 10.3 Å². The summed E-state index contributed by atoms with van der Waals surface area (Å²) in [4.78, 5) is 16.6. The number of nitrogens with zero attached hydrogens (tertiary/aromatic N) is 2. The number of alkyl halides is 3. The van der Waals surface area contributed by atoms with E-state index in [-0.39, 0.29) is 23.4 Å². The SMILES string of the molecule is CCC(O)(CF)CC(=O)Nc1nc2ccc(OC(F)F)c(F)c2n1C1(C)CCC1. The zero-order valence-electron chi connectivity index (χ0n) is 16.1. The third-order valence-corrected chi connectivity index (χ3v) is 5.56. The van der Waals surface area contributed by atoms with Crippen molar-refractivity contribution in [1.82, 2.24) is 9.55 Å². The van der Waals surface area contributed by atoms with E-state index in [4.69, 9.17) is 0 Å². The first-order valence-corrected chi connectivity index (χ1v) is 9.37. The minimum Gasteiger partial charge on any atom is -0.432 e. The number of halogens is 4. The summed E-state index contributed by atoms with van der Waals surface area (Å²) in [5, 5.41) is 12.6. The second-order valence-electron chi connectivity index (χ2n) is 7.68. The number of amides is 1. The van der Waals surface area contributed by atoms with Crippen LogP contribution in [0, 0.1) is 5.82 Å². The second-order valence-corrected chi connectivity index (χ2v) is 7.68. The third-order valence-electron chi connectivity index (χ3n) is 5.56. The van der Waals surface area contributed by atoms with Crippen molar-refractivity contribution in [2.24, 2.45) is 0 Å². The van der Waals surface area contributed by atoms with Crippen molar-refractivity contribution in [3.8, 4) is 5.75 Å². The Morgan fingerprint density at radius 3 is 2.66 bits per heavy atom. The number of carbonyl (C=O) groups excluding carboxylic acids is 1. The van der Waals surface area contributed by atoms with Gasteiger partial charge in [0.2, 0.25) is 11.9 Å². The minimum absolute atomic E-state index is 0.0117. The Labute approximate surface area is 164 Å². The van der Waals surface area contributed by atoms with Gasteiger partial charge >= 0.3 is 6.61 Å². The van der Waals surface area contributed by atoms with E-state index >= 15 is 0 Å². The van der Waals surface area contributed by atoms with Gasteiger partial charge in [0.25, 0.3) is 0 Å². The maximum Gasteiger partial charge on any atom is 0.387 e. The van der Waals surface area contributed by atoms with Crippen molar-refractivity contribution in [1.29, 1.82) is 0 Å². The minimum atomic E-state index is -3.19. The number of fused-ring (bicyclic) bond motifs is 1. The highest BCUT2D eigenvalue weighted by Gasteiger charge is 2.39. The van der Waals surface area contributed by atoms with Crippen LogP contribution in [0.1, 0.15) is 46.0 Å². The van der Waals surface area contributed by atoms with Gasteiger partial charge in [0, 0.05) is 5.54 Å². The summed E-state index contributed by atoms with van der Waals surface area (Å²) < 4.78 is 59.0. The molecule has 3 rings (SSSR count). The molecular formula is C19H23F4N3O3. The Morgan fingerprint density at radius 2 is 2.14 bits per heavy atom. The maximum absolute atomic E-state index is 15.0. The van der Waals surface area contributed by atoms with Gasteiger partial charge in [0.15, 0.2) is 11.6 Å². The molecule has 0 radical (unpaired) electrons. The molecule has 0 spiro atoms. The van der Waals surface area contributed by atoms with Gasteiger partial charge in [-0.25, -0.2) is 13.8 Å². The van der Waals surface area contributed by atoms with E-state index in [9.17, 15) is 27.5 Å². The van der Waals surface area contributed by atoms with E-state index in [2.05, 4.69) is 15.0 Å². The van der Waals surface area contributed by atoms with Gasteiger partial charge in [0.05, 0.1) is 11.9 Å². The zero-order valence-corrected chi connectivity index (χ0v) is 16.1. The highest BCUT2D eigenvalue weighted by atomic mass is 19.3. The molecule has 29 heavy (non-hydrogen) atoms. The number of rotatable bonds is 8. The first-order chi connectivity index (χ1) is 13.6. The van der Waals surface area contributed by atoms with Crippen LogP contribution in [0.3, 0.4) is 0 Å². The molecule has 2 N–H and O–H groups in total. The molecule has 0 bridgehead atoms. The van der Waals surface area contributed by atoms with E-state index < -0.39 is 48.3 Å². The number of imidazole rings is 1. The molecule has 1 heterocycles. The third kappa shape index (κ3) is 4.03. The molecule has 1 atom stereocenters. The second kappa shape index (κ2) is 7.81. The Morgan fingerprint density at radius 1 is 1.45 bits per heavy atom. The number of aromatic nitrogens is 2. The number of hydrogen-bond acceptors (Lipinski definition) is 4. The van der Waals surface area contributed by atoms with Crippen LogP contribution in [-0.4, -0.2) is 39.5 Å². The van der Waals surface area contributed by atoms with Crippen LogP contribution < -0.4 is 10.1 Å². The molecule has 1 aliphatic rings. The predicted octanol–water partition coefficient (Wildman–Crippen LogP) is 4.12. The largest absolute Gasteiger partial charge is 0.432 e. The summed E-state index contributed by atoms with van der Waals surface area (Å²) in [5.74, 6) is -2.29. The standard InChI is InChI=1S/C19H23F4N3O3/c1-3-19(28,10-20)9-13(27)25-17-24-11-5-6-12(29-16(22)23)14(21)15(11)26(17)18(2)7-4-8-18/h5-6,16,28H,3-4,7-10H2,1-2H3,(H,24,25,27). The van der Waals surface area contributed by atoms with Crippen molar-refractivity contribution < 1.29 is 32.2 Å². The van der Waals surface area contributed by atoms with Crippen LogP contribution in [0.15, 0.2) is 12.1 Å². The maximum atomic E-state index is 15.0. The van der Waals surface area contributed by atoms with Crippen molar-refractivity contribution in [3.63, 3.8) is 0 Å². The molecule has 1 saturated carbocycles. The van der Waals surface area contributed by atoms with Gasteiger partial charge in [-0.2, -0.15) is 8.78 Å². The highest BCUT2D eigenvalue weighted by molar-refractivity contribution is 5.92. The molecule has 0 saturated heterocycles. The molecule has 160 valence electrons. The quantitative estimate of drug-likeness (QED) is 0.634. The van der Waals surface area contributed by atoms with Crippen molar-refractivity contribution in [2.75, 3.05) is 12.0 Å². The lowest BCUT2D eigenvalue weighted by molar-refractivity contribution is -0.122. The van der Waals surface area contributed by atoms with E-state index in [1.165, 1.54) is 10.6 Å². The monoisotopic (exact) mass is 417 g/mol. The number of nitrogens with one attached hydrogen (secondary N) is 1. The van der Waals surface area contributed by atoms with Crippen LogP contribution in [0.25, 0.3) is 11.0 Å². The van der Waals surface area contributed by atoms with Gasteiger partial charge < -0.3 is 14.4 Å². The van der Waals surface area contributed by atoms with Crippen molar-refractivity contribution in [2.45, 2.75) is 63.7 Å². The van der Waals surface area contributed by atoms with E-state index in [0.29, 0.717) is 12.8 Å². The number of anilines is 1. The molecule has 2 aromatic rings. The fourth-order valence-electron chi connectivity index (χ4n) is 3.55. The van der Waals surface area contributed by atoms with Gasteiger partial charge in [-0.05, 0) is 44.7 Å². The molecule has 1 aromatic heterocycles. The van der Waals surface area contributed by atoms with E-state index in [1.54, 1.807) is 6.92 Å². The summed E-state index contributed by atoms with van der Waals surface area (Å²) in [6.07, 6.45) is 1.75. The summed E-state index contributed by atoms with van der Waals surface area (Å²) in [7, 11) is 0. The average Bonchev–Trinajstić information content (AvgIpc) is 3.00. The molecule has 1 unspecified atom stereocenters. The van der Waals surface area contributed by atoms with Crippen LogP contribution in [0.4, 0.5) is 23.5 Å². The van der Waals surface area contributed by atoms with Crippen molar-refractivity contribution in [3.05, 3.63) is 17.9 Å². The normalized spacial score (nSPS) is 17.8. The Balaban J connectivity index is 2.04. The molecule has 0 aliphatic heterocycles. The molecule has 6 nitrogen and oxygen atoms in total. The van der Waals surface area contributed by atoms with Gasteiger partial charge in [-0.15, -0.1) is 0 Å². The predicted molar refractivity (Wildman–Crippen MR) is 98.3 cm³/mol. The number of ether oxygens (including phenoxy) is 1. The van der Waals surface area contributed by atoms with E-state index in [0.717, 1.165) is 12.5 Å². The summed E-state index contributed by atoms with van der Waals surface area (Å²) in [6.45, 7) is -0.882. The lowest BCUT2D eigenvalue weighted by Crippen LogP contribution is -2.40. The fraction of sp³-hybridized carbons (Fsp3) is 0.579. The lowest BCUT2D eigenvalue weighted by Gasteiger charge is -2.41. The first-order valence-electron chi connectivity index (χ1n) is 9.37. The van der Waals surface area contributed by atoms with Crippen LogP contribution >= 0.6 is 0 Å².